The Hall–Kier alpha value is -3.63. The van der Waals surface area contributed by atoms with Gasteiger partial charge >= 0.3 is 5.97 Å². The van der Waals surface area contributed by atoms with Gasteiger partial charge in [0.15, 0.2) is 11.5 Å². The average Bonchev–Trinajstić information content (AvgIpc) is 3.26. The maximum absolute atomic E-state index is 12.8. The zero-order valence-electron chi connectivity index (χ0n) is 20.4. The van der Waals surface area contributed by atoms with E-state index in [1.807, 2.05) is 28.8 Å². The Morgan fingerprint density at radius 2 is 1.92 bits per heavy atom. The number of hydrogen-bond donors (Lipinski definition) is 1. The van der Waals surface area contributed by atoms with Crippen molar-refractivity contribution < 1.29 is 19.2 Å². The smallest absolute Gasteiger partial charge is 0.345 e. The predicted molar refractivity (Wildman–Crippen MR) is 148 cm³/mol. The largest absolute Gasteiger partial charge is 0.493 e. The van der Waals surface area contributed by atoms with E-state index in [0.717, 1.165) is 46.1 Å². The third-order valence-electron chi connectivity index (χ3n) is 6.55. The van der Waals surface area contributed by atoms with Crippen LogP contribution in [0.4, 0.5) is 11.5 Å². The number of nitrogens with one attached hydrogen (secondary N) is 1. The molecule has 0 unspecified atom stereocenters. The second kappa shape index (κ2) is 11.0. The number of esters is 1. The van der Waals surface area contributed by atoms with Crippen LogP contribution in [0.5, 0.6) is 11.5 Å². The first-order valence-corrected chi connectivity index (χ1v) is 13.3. The van der Waals surface area contributed by atoms with Crippen molar-refractivity contribution in [3.63, 3.8) is 0 Å². The van der Waals surface area contributed by atoms with Crippen molar-refractivity contribution in [3.8, 4) is 22.8 Å². The minimum absolute atomic E-state index is 0.00768. The molecule has 1 saturated carbocycles. The van der Waals surface area contributed by atoms with Crippen molar-refractivity contribution >= 4 is 50.7 Å². The van der Waals surface area contributed by atoms with Crippen LogP contribution in [0.15, 0.2) is 59.2 Å². The van der Waals surface area contributed by atoms with Crippen LogP contribution < -0.4 is 14.8 Å². The lowest BCUT2D eigenvalue weighted by atomic mass is 9.95. The lowest BCUT2D eigenvalue weighted by Gasteiger charge is -2.24. The van der Waals surface area contributed by atoms with Gasteiger partial charge in [-0.25, -0.2) is 9.78 Å². The summed E-state index contributed by atoms with van der Waals surface area (Å²) >= 11 is 9.66. The number of nitro benzene ring substituents is 1. The first-order chi connectivity index (χ1) is 18.3. The molecule has 0 saturated heterocycles. The van der Waals surface area contributed by atoms with Gasteiger partial charge in [-0.05, 0) is 65.2 Å². The highest BCUT2D eigenvalue weighted by Crippen LogP contribution is 2.38. The van der Waals surface area contributed by atoms with Crippen LogP contribution in [0, 0.1) is 10.1 Å². The van der Waals surface area contributed by atoms with E-state index in [2.05, 4.69) is 21.2 Å². The Kier molecular flexibility index (Phi) is 7.53. The minimum Gasteiger partial charge on any atom is -0.493 e. The number of hydrogen-bond acceptors (Lipinski definition) is 7. The van der Waals surface area contributed by atoms with Gasteiger partial charge in [-0.1, -0.05) is 30.9 Å². The predicted octanol–water partition coefficient (Wildman–Crippen LogP) is 7.30. The molecular weight excluding hydrogens is 576 g/mol. The summed E-state index contributed by atoms with van der Waals surface area (Å²) in [5.41, 5.74) is 2.12. The summed E-state index contributed by atoms with van der Waals surface area (Å²) < 4.78 is 14.1. The van der Waals surface area contributed by atoms with Crippen molar-refractivity contribution in [2.24, 2.45) is 0 Å². The Morgan fingerprint density at radius 1 is 1.13 bits per heavy atom. The molecule has 5 rings (SSSR count). The number of rotatable bonds is 7. The van der Waals surface area contributed by atoms with E-state index < -0.39 is 10.9 Å². The lowest BCUT2D eigenvalue weighted by molar-refractivity contribution is -0.384. The van der Waals surface area contributed by atoms with Crippen LogP contribution in [-0.4, -0.2) is 33.4 Å². The van der Waals surface area contributed by atoms with Gasteiger partial charge in [0, 0.05) is 34.4 Å². The SMILES string of the molecule is COc1cc(-c2nc3ccc(Br)cn3c2NC2CCCCC2)ccc1OC(=O)c1ccc([N+](=O)[O-])cc1Cl. The molecule has 0 aliphatic heterocycles. The highest BCUT2D eigenvalue weighted by molar-refractivity contribution is 9.10. The highest BCUT2D eigenvalue weighted by atomic mass is 79.9. The van der Waals surface area contributed by atoms with Gasteiger partial charge < -0.3 is 14.8 Å². The zero-order valence-corrected chi connectivity index (χ0v) is 22.8. The fraction of sp³-hybridized carbons (Fsp3) is 0.259. The number of anilines is 1. The molecule has 9 nitrogen and oxygen atoms in total. The maximum Gasteiger partial charge on any atom is 0.345 e. The number of methoxy groups -OCH3 is 1. The van der Waals surface area contributed by atoms with Crippen LogP contribution in [0.1, 0.15) is 42.5 Å². The first-order valence-electron chi connectivity index (χ1n) is 12.1. The summed E-state index contributed by atoms with van der Waals surface area (Å²) in [6.07, 6.45) is 7.83. The third-order valence-corrected chi connectivity index (χ3v) is 7.33. The Morgan fingerprint density at radius 3 is 2.63 bits per heavy atom. The summed E-state index contributed by atoms with van der Waals surface area (Å²) in [4.78, 5) is 28.1. The molecule has 196 valence electrons. The molecule has 1 aliphatic carbocycles. The Labute approximate surface area is 232 Å². The number of carbonyl (C=O) groups is 1. The second-order valence-corrected chi connectivity index (χ2v) is 10.4. The number of non-ortho nitro benzene ring substituents is 1. The number of carbonyl (C=O) groups excluding carboxylic acids is 1. The van der Waals surface area contributed by atoms with Crippen LogP contribution >= 0.6 is 27.5 Å². The minimum atomic E-state index is -0.756. The number of benzene rings is 2. The molecule has 2 aromatic carbocycles. The van der Waals surface area contributed by atoms with Gasteiger partial charge in [0.05, 0.1) is 22.6 Å². The number of imidazole rings is 1. The van der Waals surface area contributed by atoms with E-state index in [9.17, 15) is 14.9 Å². The summed E-state index contributed by atoms with van der Waals surface area (Å²) in [5, 5.41) is 14.6. The van der Waals surface area contributed by atoms with E-state index >= 15 is 0 Å². The van der Waals surface area contributed by atoms with Gasteiger partial charge in [0.25, 0.3) is 5.69 Å². The van der Waals surface area contributed by atoms with Crippen LogP contribution in [0.3, 0.4) is 0 Å². The molecule has 0 atom stereocenters. The quantitative estimate of drug-likeness (QED) is 0.103. The molecule has 1 N–H and O–H groups in total. The molecule has 0 radical (unpaired) electrons. The summed E-state index contributed by atoms with van der Waals surface area (Å²) in [7, 11) is 1.48. The third kappa shape index (κ3) is 5.32. The summed E-state index contributed by atoms with van der Waals surface area (Å²) in [6, 6.07) is 13.0. The molecule has 0 amide bonds. The Bertz CT molecular complexity index is 1530. The summed E-state index contributed by atoms with van der Waals surface area (Å²) in [6.45, 7) is 0. The second-order valence-electron chi connectivity index (χ2n) is 9.04. The van der Waals surface area contributed by atoms with Crippen molar-refractivity contribution in [1.29, 1.82) is 0 Å². The number of nitro groups is 1. The number of fused-ring (bicyclic) bond motifs is 1. The fourth-order valence-electron chi connectivity index (χ4n) is 4.64. The number of ether oxygens (including phenoxy) is 2. The number of halogens is 2. The van der Waals surface area contributed by atoms with Crippen LogP contribution in [0.2, 0.25) is 5.02 Å². The van der Waals surface area contributed by atoms with Crippen molar-refractivity contribution in [3.05, 3.63) is 79.9 Å². The van der Waals surface area contributed by atoms with Gasteiger partial charge in [-0.15, -0.1) is 0 Å². The molecule has 0 spiro atoms. The number of nitrogens with zero attached hydrogens (tertiary/aromatic N) is 3. The van der Waals surface area contributed by atoms with Crippen molar-refractivity contribution in [2.45, 2.75) is 38.1 Å². The Balaban J connectivity index is 1.48. The molecule has 2 aromatic heterocycles. The molecule has 1 aliphatic rings. The molecule has 38 heavy (non-hydrogen) atoms. The summed E-state index contributed by atoms with van der Waals surface area (Å²) in [5.74, 6) is 0.644. The van der Waals surface area contributed by atoms with Crippen molar-refractivity contribution in [1.82, 2.24) is 9.38 Å². The molecule has 1 fully saturated rings. The highest BCUT2D eigenvalue weighted by Gasteiger charge is 2.22. The number of pyridine rings is 1. The van der Waals surface area contributed by atoms with Gasteiger partial charge in [-0.3, -0.25) is 14.5 Å². The zero-order chi connectivity index (χ0) is 26.8. The first kappa shape index (κ1) is 26.0. The van der Waals surface area contributed by atoms with Crippen LogP contribution in [0.25, 0.3) is 16.9 Å². The van der Waals surface area contributed by atoms with E-state index in [0.29, 0.717) is 11.8 Å². The fourth-order valence-corrected chi connectivity index (χ4v) is 5.22. The van der Waals surface area contributed by atoms with Gasteiger partial charge in [-0.2, -0.15) is 0 Å². The van der Waals surface area contributed by atoms with E-state index in [1.165, 1.54) is 38.5 Å². The molecule has 0 bridgehead atoms. The van der Waals surface area contributed by atoms with Crippen LogP contribution in [-0.2, 0) is 0 Å². The molecule has 11 heteroatoms. The standard InChI is InChI=1S/C27H24BrClN4O5/c1-37-23-13-16(7-11-22(23)38-27(34)20-10-9-19(33(35)36)14-21(20)29)25-26(30-18-5-3-2-4-6-18)32-15-17(28)8-12-24(32)31-25/h7-15,18,30H,2-6H2,1H3. The van der Waals surface area contributed by atoms with E-state index in [1.54, 1.807) is 12.1 Å². The lowest BCUT2D eigenvalue weighted by Crippen LogP contribution is -2.23. The molecule has 4 aromatic rings. The normalized spacial score (nSPS) is 13.9. The van der Waals surface area contributed by atoms with Gasteiger partial charge in [0.2, 0.25) is 0 Å². The molecular formula is C27H24BrClN4O5. The monoisotopic (exact) mass is 598 g/mol. The number of aromatic nitrogens is 2. The van der Waals surface area contributed by atoms with Gasteiger partial charge in [0.1, 0.15) is 17.2 Å². The average molecular weight is 600 g/mol. The topological polar surface area (TPSA) is 108 Å². The van der Waals surface area contributed by atoms with E-state index in [4.69, 9.17) is 26.1 Å². The van der Waals surface area contributed by atoms with E-state index in [-0.39, 0.29) is 22.0 Å². The maximum atomic E-state index is 12.8. The van der Waals surface area contributed by atoms with Crippen molar-refractivity contribution in [2.75, 3.05) is 12.4 Å². The molecule has 2 heterocycles.